The number of carbonyl (C=O) groups is 3. The Balaban J connectivity index is 1.69. The Morgan fingerprint density at radius 3 is 2.46 bits per heavy atom. The molecule has 2 N–H and O–H groups in total. The van der Waals surface area contributed by atoms with Gasteiger partial charge in [0.15, 0.2) is 0 Å². The molecule has 1 saturated carbocycles. The van der Waals surface area contributed by atoms with Crippen LogP contribution in [0.2, 0.25) is 0 Å². The molecule has 6 nitrogen and oxygen atoms in total. The van der Waals surface area contributed by atoms with Gasteiger partial charge in [0.05, 0.1) is 11.4 Å². The van der Waals surface area contributed by atoms with Crippen LogP contribution in [-0.4, -0.2) is 30.3 Å². The second-order valence-corrected chi connectivity index (χ2v) is 9.61. The van der Waals surface area contributed by atoms with Crippen LogP contribution in [0.4, 0.5) is 10.1 Å². The summed E-state index contributed by atoms with van der Waals surface area (Å²) in [7, 11) is 0. The molecule has 1 fully saturated rings. The maximum absolute atomic E-state index is 14.6. The van der Waals surface area contributed by atoms with E-state index in [1.807, 2.05) is 6.07 Å². The molecule has 3 amide bonds. The Morgan fingerprint density at radius 2 is 1.80 bits per heavy atom. The van der Waals surface area contributed by atoms with E-state index in [1.165, 1.54) is 22.3 Å². The molecule has 1 aliphatic carbocycles. The zero-order valence-corrected chi connectivity index (χ0v) is 20.3. The Morgan fingerprint density at radius 1 is 1.06 bits per heavy atom. The molecule has 3 aromatic rings. The molecule has 0 saturated heterocycles. The number of anilines is 1. The van der Waals surface area contributed by atoms with E-state index in [1.54, 1.807) is 60.8 Å². The minimum atomic E-state index is -1.02. The Labute approximate surface area is 208 Å². The molecule has 0 unspecified atom stereocenters. The van der Waals surface area contributed by atoms with Crippen LogP contribution in [0.1, 0.15) is 52.5 Å². The number of aryl methyl sites for hydroxylation is 1. The first-order valence-electron chi connectivity index (χ1n) is 11.7. The normalized spacial score (nSPS) is 14.3. The fourth-order valence-corrected chi connectivity index (χ4v) is 4.95. The van der Waals surface area contributed by atoms with Gasteiger partial charge in [-0.1, -0.05) is 55.3 Å². The number of nitrogens with one attached hydrogen (secondary N) is 2. The third kappa shape index (κ3) is 5.95. The lowest BCUT2D eigenvalue weighted by atomic mass is 10.0. The van der Waals surface area contributed by atoms with Crippen molar-refractivity contribution in [3.8, 4) is 0 Å². The van der Waals surface area contributed by atoms with Gasteiger partial charge in [-0.25, -0.2) is 4.39 Å². The molecule has 1 aromatic heterocycles. The van der Waals surface area contributed by atoms with Gasteiger partial charge in [-0.3, -0.25) is 19.3 Å². The quantitative estimate of drug-likeness (QED) is 0.475. The minimum absolute atomic E-state index is 0.0407. The number of amides is 3. The highest BCUT2D eigenvalue weighted by Crippen LogP contribution is 2.30. The molecular formula is C27H28FN3O3S. The number of hydrogen-bond donors (Lipinski definition) is 2. The van der Waals surface area contributed by atoms with Crippen molar-refractivity contribution in [2.24, 2.45) is 0 Å². The van der Waals surface area contributed by atoms with Crippen LogP contribution in [0, 0.1) is 12.7 Å². The largest absolute Gasteiger partial charge is 0.351 e. The molecule has 0 aliphatic heterocycles. The SMILES string of the molecule is Cc1ccc(N(C(=O)CNC(=O)c2cccs2)[C@@H](C(=O)NC2CCCC2)c2ccccc2)cc1F. The van der Waals surface area contributed by atoms with Crippen molar-refractivity contribution in [3.05, 3.63) is 87.9 Å². The molecular weight excluding hydrogens is 465 g/mol. The summed E-state index contributed by atoms with van der Waals surface area (Å²) in [6.07, 6.45) is 3.86. The Bertz CT molecular complexity index is 1180. The van der Waals surface area contributed by atoms with Gasteiger partial charge in [-0.15, -0.1) is 11.3 Å². The van der Waals surface area contributed by atoms with E-state index < -0.39 is 17.8 Å². The monoisotopic (exact) mass is 493 g/mol. The highest BCUT2D eigenvalue weighted by molar-refractivity contribution is 7.12. The van der Waals surface area contributed by atoms with Crippen LogP contribution in [0.5, 0.6) is 0 Å². The summed E-state index contributed by atoms with van der Waals surface area (Å²) in [6, 6.07) is 15.8. The van der Waals surface area contributed by atoms with Gasteiger partial charge in [-0.05, 0) is 54.5 Å². The number of benzene rings is 2. The van der Waals surface area contributed by atoms with Gasteiger partial charge in [0.2, 0.25) is 11.8 Å². The standard InChI is InChI=1S/C27H28FN3O3S/c1-18-13-14-21(16-22(18)28)31(24(32)17-29-26(33)23-12-7-15-35-23)25(19-8-3-2-4-9-19)27(34)30-20-10-5-6-11-20/h2-4,7-9,12-16,20,25H,5-6,10-11,17H2,1H3,(H,29,33)(H,30,34)/t25-/m1/s1. The second-order valence-electron chi connectivity index (χ2n) is 8.66. The zero-order valence-electron chi connectivity index (χ0n) is 19.5. The first-order chi connectivity index (χ1) is 16.9. The van der Waals surface area contributed by atoms with Gasteiger partial charge in [-0.2, -0.15) is 0 Å². The van der Waals surface area contributed by atoms with Gasteiger partial charge in [0.1, 0.15) is 11.9 Å². The predicted molar refractivity (Wildman–Crippen MR) is 135 cm³/mol. The van der Waals surface area contributed by atoms with Crippen molar-refractivity contribution in [2.45, 2.75) is 44.7 Å². The first kappa shape index (κ1) is 24.6. The summed E-state index contributed by atoms with van der Waals surface area (Å²) in [5, 5.41) is 7.49. The van der Waals surface area contributed by atoms with Crippen LogP contribution in [0.3, 0.4) is 0 Å². The van der Waals surface area contributed by atoms with Crippen molar-refractivity contribution in [1.29, 1.82) is 0 Å². The molecule has 182 valence electrons. The van der Waals surface area contributed by atoms with Crippen LogP contribution >= 0.6 is 11.3 Å². The summed E-state index contributed by atoms with van der Waals surface area (Å²) in [4.78, 5) is 41.4. The number of halogens is 1. The van der Waals surface area contributed by atoms with E-state index in [0.717, 1.165) is 25.7 Å². The summed E-state index contributed by atoms with van der Waals surface area (Å²) < 4.78 is 14.6. The Kier molecular flexibility index (Phi) is 7.92. The molecule has 4 rings (SSSR count). The topological polar surface area (TPSA) is 78.5 Å². The number of carbonyl (C=O) groups excluding carboxylic acids is 3. The molecule has 0 spiro atoms. The molecule has 0 radical (unpaired) electrons. The fraction of sp³-hybridized carbons (Fsp3) is 0.296. The maximum atomic E-state index is 14.6. The molecule has 0 bridgehead atoms. The average molecular weight is 494 g/mol. The van der Waals surface area contributed by atoms with E-state index in [9.17, 15) is 18.8 Å². The van der Waals surface area contributed by atoms with E-state index in [-0.39, 0.29) is 30.1 Å². The molecule has 35 heavy (non-hydrogen) atoms. The average Bonchev–Trinajstić information content (AvgIpc) is 3.58. The van der Waals surface area contributed by atoms with Crippen molar-refractivity contribution in [3.63, 3.8) is 0 Å². The lowest BCUT2D eigenvalue weighted by molar-refractivity contribution is -0.126. The van der Waals surface area contributed by atoms with Crippen molar-refractivity contribution < 1.29 is 18.8 Å². The van der Waals surface area contributed by atoms with Crippen LogP contribution < -0.4 is 15.5 Å². The molecule has 2 aromatic carbocycles. The van der Waals surface area contributed by atoms with E-state index in [2.05, 4.69) is 10.6 Å². The van der Waals surface area contributed by atoms with E-state index in [0.29, 0.717) is 16.0 Å². The first-order valence-corrected chi connectivity index (χ1v) is 12.6. The fourth-order valence-electron chi connectivity index (χ4n) is 4.31. The lowest BCUT2D eigenvalue weighted by Gasteiger charge is -2.32. The minimum Gasteiger partial charge on any atom is -0.351 e. The van der Waals surface area contributed by atoms with Crippen LogP contribution in [0.15, 0.2) is 66.0 Å². The highest BCUT2D eigenvalue weighted by Gasteiger charge is 2.34. The number of nitrogens with zero attached hydrogens (tertiary/aromatic N) is 1. The van der Waals surface area contributed by atoms with Crippen LogP contribution in [-0.2, 0) is 9.59 Å². The highest BCUT2D eigenvalue weighted by atomic mass is 32.1. The lowest BCUT2D eigenvalue weighted by Crippen LogP contribution is -2.49. The third-order valence-electron chi connectivity index (χ3n) is 6.17. The van der Waals surface area contributed by atoms with E-state index >= 15 is 0 Å². The summed E-state index contributed by atoms with van der Waals surface area (Å²) >= 11 is 1.27. The van der Waals surface area contributed by atoms with Gasteiger partial charge in [0, 0.05) is 11.7 Å². The van der Waals surface area contributed by atoms with Gasteiger partial charge < -0.3 is 10.6 Å². The zero-order chi connectivity index (χ0) is 24.8. The summed E-state index contributed by atoms with van der Waals surface area (Å²) in [5.74, 6) is -1.71. The summed E-state index contributed by atoms with van der Waals surface area (Å²) in [6.45, 7) is 1.29. The van der Waals surface area contributed by atoms with Crippen molar-refractivity contribution in [1.82, 2.24) is 10.6 Å². The molecule has 1 aliphatic rings. The Hall–Kier alpha value is -3.52. The van der Waals surface area contributed by atoms with Gasteiger partial charge >= 0.3 is 0 Å². The maximum Gasteiger partial charge on any atom is 0.261 e. The number of rotatable bonds is 8. The van der Waals surface area contributed by atoms with Crippen LogP contribution in [0.25, 0.3) is 0 Å². The summed E-state index contributed by atoms with van der Waals surface area (Å²) in [5.41, 5.74) is 1.28. The van der Waals surface area contributed by atoms with E-state index in [4.69, 9.17) is 0 Å². The molecule has 8 heteroatoms. The second kappa shape index (κ2) is 11.3. The molecule has 1 heterocycles. The molecule has 1 atom stereocenters. The van der Waals surface area contributed by atoms with Crippen molar-refractivity contribution >= 4 is 34.7 Å². The third-order valence-corrected chi connectivity index (χ3v) is 7.04. The number of thiophene rings is 1. The van der Waals surface area contributed by atoms with Gasteiger partial charge in [0.25, 0.3) is 5.91 Å². The number of hydrogen-bond acceptors (Lipinski definition) is 4. The van der Waals surface area contributed by atoms with Crippen molar-refractivity contribution in [2.75, 3.05) is 11.4 Å². The predicted octanol–water partition coefficient (Wildman–Crippen LogP) is 4.76. The smallest absolute Gasteiger partial charge is 0.261 e.